The van der Waals surface area contributed by atoms with Crippen molar-refractivity contribution in [3.63, 3.8) is 0 Å². The monoisotopic (exact) mass is 299 g/mol. The number of sulfonamides is 1. The first-order chi connectivity index (χ1) is 8.94. The summed E-state index contributed by atoms with van der Waals surface area (Å²) in [5.41, 5.74) is 2.19. The highest BCUT2D eigenvalue weighted by atomic mass is 32.2. The number of nitrogens with one attached hydrogen (secondary N) is 2. The van der Waals surface area contributed by atoms with Gasteiger partial charge in [-0.25, -0.2) is 8.42 Å². The van der Waals surface area contributed by atoms with E-state index in [2.05, 4.69) is 24.8 Å². The average molecular weight is 299 g/mol. The molecule has 0 bridgehead atoms. The van der Waals surface area contributed by atoms with Crippen LogP contribution in [-0.2, 0) is 10.0 Å². The van der Waals surface area contributed by atoms with Gasteiger partial charge in [-0.2, -0.15) is 0 Å². The molecule has 0 aliphatic carbocycles. The molecule has 0 amide bonds. The number of hydrogen-bond acceptors (Lipinski definition) is 7. The maximum Gasteiger partial charge on any atom is 0.264 e. The van der Waals surface area contributed by atoms with Gasteiger partial charge in [0.2, 0.25) is 5.13 Å². The number of benzene rings is 1. The molecule has 0 atom stereocenters. The first-order valence-electron chi connectivity index (χ1n) is 5.41. The second kappa shape index (κ2) is 5.10. The number of nitrogens with zero attached hydrogens (tertiary/aromatic N) is 3. The van der Waals surface area contributed by atoms with Crippen molar-refractivity contribution in [2.24, 2.45) is 0 Å². The largest absolute Gasteiger partial charge is 0.388 e. The highest BCUT2D eigenvalue weighted by molar-refractivity contribution is 7.93. The van der Waals surface area contributed by atoms with Gasteiger partial charge in [0.05, 0.1) is 4.90 Å². The van der Waals surface area contributed by atoms with E-state index in [4.69, 9.17) is 0 Å². The lowest BCUT2D eigenvalue weighted by Gasteiger charge is -2.13. The fourth-order valence-electron chi connectivity index (χ4n) is 1.86. The molecule has 19 heavy (non-hydrogen) atoms. The third-order valence-electron chi connectivity index (χ3n) is 2.54. The van der Waals surface area contributed by atoms with Gasteiger partial charge in [0.15, 0.2) is 0 Å². The van der Waals surface area contributed by atoms with Gasteiger partial charge in [-0.3, -0.25) is 4.72 Å². The quantitative estimate of drug-likeness (QED) is 0.885. The molecular weight excluding hydrogens is 286 g/mol. The molecule has 1 aromatic heterocycles. The third-order valence-corrected chi connectivity index (χ3v) is 4.82. The van der Waals surface area contributed by atoms with E-state index in [9.17, 15) is 8.42 Å². The van der Waals surface area contributed by atoms with Gasteiger partial charge in [0, 0.05) is 24.3 Å². The molecule has 0 radical (unpaired) electrons. The number of anilines is 2. The molecule has 1 heterocycles. The van der Waals surface area contributed by atoms with E-state index in [-0.39, 0.29) is 10.0 Å². The van der Waals surface area contributed by atoms with Crippen molar-refractivity contribution in [1.82, 2.24) is 14.8 Å². The zero-order valence-corrected chi connectivity index (χ0v) is 12.3. The van der Waals surface area contributed by atoms with Crippen molar-refractivity contribution >= 4 is 32.4 Å². The Balaban J connectivity index is 2.46. The Hall–Kier alpha value is -1.74. The lowest BCUT2D eigenvalue weighted by molar-refractivity contribution is 0.600. The van der Waals surface area contributed by atoms with Gasteiger partial charge in [0.25, 0.3) is 10.0 Å². The summed E-state index contributed by atoms with van der Waals surface area (Å²) in [6.45, 7) is 3.50. The van der Waals surface area contributed by atoms with E-state index in [1.807, 2.05) is 0 Å². The molecule has 0 saturated heterocycles. The molecule has 2 aromatic rings. The molecule has 0 aliphatic rings. The van der Waals surface area contributed by atoms with E-state index in [0.29, 0.717) is 11.1 Å². The predicted molar refractivity (Wildman–Crippen MR) is 74.0 cm³/mol. The first kappa shape index (κ1) is 13.7. The Morgan fingerprint density at radius 1 is 1.21 bits per heavy atom. The Morgan fingerprint density at radius 2 is 1.84 bits per heavy atom. The van der Waals surface area contributed by atoms with Crippen LogP contribution in [0.2, 0.25) is 0 Å². The zero-order chi connectivity index (χ0) is 14.0. The zero-order valence-electron chi connectivity index (χ0n) is 10.6. The van der Waals surface area contributed by atoms with Gasteiger partial charge in [-0.05, 0) is 42.3 Å². The van der Waals surface area contributed by atoms with Crippen molar-refractivity contribution in [1.29, 1.82) is 0 Å². The van der Waals surface area contributed by atoms with Crippen LogP contribution < -0.4 is 10.0 Å². The van der Waals surface area contributed by atoms with Gasteiger partial charge in [-0.15, -0.1) is 0 Å². The van der Waals surface area contributed by atoms with Crippen LogP contribution >= 0.6 is 11.5 Å². The number of rotatable bonds is 4. The highest BCUT2D eigenvalue weighted by Gasteiger charge is 2.21. The summed E-state index contributed by atoms with van der Waals surface area (Å²) in [6, 6.07) is 3.56. The van der Waals surface area contributed by atoms with Gasteiger partial charge >= 0.3 is 0 Å². The van der Waals surface area contributed by atoms with Gasteiger partial charge < -0.3 is 5.32 Å². The van der Waals surface area contributed by atoms with Crippen molar-refractivity contribution in [2.75, 3.05) is 17.1 Å². The van der Waals surface area contributed by atoms with Crippen LogP contribution in [0.25, 0.3) is 0 Å². The topological polar surface area (TPSA) is 96.9 Å². The SMILES string of the molecule is CNc1cc(C)c(S(=O)(=O)Nc2nnns2)c(C)c1. The summed E-state index contributed by atoms with van der Waals surface area (Å²) >= 11 is 0.889. The summed E-state index contributed by atoms with van der Waals surface area (Å²) < 4.78 is 30.5. The Bertz CT molecular complexity index is 659. The average Bonchev–Trinajstić information content (AvgIpc) is 2.79. The summed E-state index contributed by atoms with van der Waals surface area (Å²) in [6.07, 6.45) is 0. The third kappa shape index (κ3) is 2.82. The standard InChI is InChI=1S/C10H13N5O2S2/c1-6-4-8(11-3)5-7(2)9(6)19(16,17)13-10-12-14-15-18-10/h4-5,11H,1-3H3,(H,12,13,15). The Morgan fingerprint density at radius 3 is 2.32 bits per heavy atom. The number of aryl methyl sites for hydroxylation is 2. The fourth-order valence-corrected chi connectivity index (χ4v) is 3.90. The smallest absolute Gasteiger partial charge is 0.264 e. The van der Waals surface area contributed by atoms with E-state index < -0.39 is 10.0 Å². The number of aromatic nitrogens is 3. The highest BCUT2D eigenvalue weighted by Crippen LogP contribution is 2.26. The van der Waals surface area contributed by atoms with Crippen LogP contribution in [0.1, 0.15) is 11.1 Å². The van der Waals surface area contributed by atoms with Crippen molar-refractivity contribution in [3.05, 3.63) is 23.3 Å². The Labute approximate surface area is 115 Å². The maximum atomic E-state index is 12.3. The molecule has 0 unspecified atom stereocenters. The summed E-state index contributed by atoms with van der Waals surface area (Å²) in [5, 5.41) is 10.1. The van der Waals surface area contributed by atoms with Crippen molar-refractivity contribution in [3.8, 4) is 0 Å². The predicted octanol–water partition coefficient (Wildman–Crippen LogP) is 1.39. The molecule has 102 valence electrons. The Kier molecular flexibility index (Phi) is 3.67. The minimum Gasteiger partial charge on any atom is -0.388 e. The van der Waals surface area contributed by atoms with Gasteiger partial charge in [-0.1, -0.05) is 9.59 Å². The summed E-state index contributed by atoms with van der Waals surface area (Å²) in [5.74, 6) is 0. The van der Waals surface area contributed by atoms with E-state index in [0.717, 1.165) is 17.2 Å². The van der Waals surface area contributed by atoms with E-state index in [1.165, 1.54) is 0 Å². The minimum absolute atomic E-state index is 0.150. The maximum absolute atomic E-state index is 12.3. The molecule has 2 rings (SSSR count). The summed E-state index contributed by atoms with van der Waals surface area (Å²) in [4.78, 5) is 0.252. The summed E-state index contributed by atoms with van der Waals surface area (Å²) in [7, 11) is -1.89. The lowest BCUT2D eigenvalue weighted by Crippen LogP contribution is -2.16. The van der Waals surface area contributed by atoms with Crippen LogP contribution in [0.3, 0.4) is 0 Å². The molecule has 0 saturated carbocycles. The normalized spacial score (nSPS) is 11.3. The molecular formula is C10H13N5O2S2. The van der Waals surface area contributed by atoms with Crippen molar-refractivity contribution < 1.29 is 8.42 Å². The van der Waals surface area contributed by atoms with E-state index >= 15 is 0 Å². The van der Waals surface area contributed by atoms with Crippen LogP contribution in [0.4, 0.5) is 10.8 Å². The molecule has 0 spiro atoms. The minimum atomic E-state index is -3.68. The lowest BCUT2D eigenvalue weighted by atomic mass is 10.1. The molecule has 2 N–H and O–H groups in total. The second-order valence-electron chi connectivity index (χ2n) is 3.96. The van der Waals surface area contributed by atoms with Crippen LogP contribution in [0.15, 0.2) is 17.0 Å². The molecule has 7 nitrogen and oxygen atoms in total. The second-order valence-corrected chi connectivity index (χ2v) is 6.31. The fraction of sp³-hybridized carbons (Fsp3) is 0.300. The van der Waals surface area contributed by atoms with Crippen LogP contribution in [-0.4, -0.2) is 30.3 Å². The molecule has 0 fully saturated rings. The van der Waals surface area contributed by atoms with Crippen LogP contribution in [0, 0.1) is 13.8 Å². The molecule has 9 heteroatoms. The first-order valence-corrected chi connectivity index (χ1v) is 7.66. The molecule has 1 aromatic carbocycles. The van der Waals surface area contributed by atoms with Crippen molar-refractivity contribution in [2.45, 2.75) is 18.7 Å². The van der Waals surface area contributed by atoms with Gasteiger partial charge in [0.1, 0.15) is 0 Å². The van der Waals surface area contributed by atoms with Crippen LogP contribution in [0.5, 0.6) is 0 Å². The van der Waals surface area contributed by atoms with E-state index in [1.54, 1.807) is 33.0 Å². The molecule has 0 aliphatic heterocycles. The number of hydrogen-bond donors (Lipinski definition) is 2.